The molecule has 1 N–H and O–H groups in total. The second-order valence-corrected chi connectivity index (χ2v) is 7.88. The van der Waals surface area contributed by atoms with Gasteiger partial charge >= 0.3 is 0 Å². The zero-order valence-electron chi connectivity index (χ0n) is 16.5. The van der Waals surface area contributed by atoms with E-state index in [1.807, 2.05) is 49.1 Å². The molecule has 0 saturated carbocycles. The number of imidazole rings is 1. The van der Waals surface area contributed by atoms with Crippen LogP contribution in [0.2, 0.25) is 0 Å². The Bertz CT molecular complexity index is 1020. The molecule has 1 aromatic heterocycles. The number of fused-ring (bicyclic) bond motifs is 1. The van der Waals surface area contributed by atoms with Gasteiger partial charge in [-0.05, 0) is 24.5 Å². The zero-order chi connectivity index (χ0) is 20.5. The Morgan fingerprint density at radius 2 is 1.90 bits per heavy atom. The van der Waals surface area contributed by atoms with Gasteiger partial charge in [-0.25, -0.2) is 13.8 Å². The minimum atomic E-state index is -0.942. The number of carbonyl (C=O) groups is 1. The number of nitrogens with one attached hydrogen (secondary N) is 1. The minimum Gasteiger partial charge on any atom is -0.380 e. The minimum absolute atomic E-state index is 0.0265. The first kappa shape index (κ1) is 19.4. The molecule has 1 saturated heterocycles. The lowest BCUT2D eigenvalue weighted by Crippen LogP contribution is -2.39. The standard InChI is InChI=1S/C22H24F2N4O/c1-14(2)21(28-13-25-19-10-17(23)18(24)11-20(19)28)22(29)27-9-8-16(12-27)26-15-6-4-3-5-7-15/h3-7,10-11,13-14,16,21,26H,8-9,12H2,1-2H3. The third-order valence-corrected chi connectivity index (χ3v) is 5.45. The molecule has 4 rings (SSSR count). The first-order valence-corrected chi connectivity index (χ1v) is 9.86. The van der Waals surface area contributed by atoms with Crippen LogP contribution in [0, 0.1) is 17.6 Å². The van der Waals surface area contributed by atoms with Gasteiger partial charge in [-0.3, -0.25) is 4.79 Å². The van der Waals surface area contributed by atoms with Gasteiger partial charge in [-0.1, -0.05) is 32.0 Å². The highest BCUT2D eigenvalue weighted by molar-refractivity contribution is 5.84. The van der Waals surface area contributed by atoms with Crippen LogP contribution in [-0.4, -0.2) is 39.5 Å². The monoisotopic (exact) mass is 398 g/mol. The summed E-state index contributed by atoms with van der Waals surface area (Å²) in [5.74, 6) is -1.94. The summed E-state index contributed by atoms with van der Waals surface area (Å²) in [7, 11) is 0. The van der Waals surface area contributed by atoms with Crippen molar-refractivity contribution in [3.63, 3.8) is 0 Å². The van der Waals surface area contributed by atoms with Crippen molar-refractivity contribution in [1.82, 2.24) is 14.5 Å². The van der Waals surface area contributed by atoms with Crippen LogP contribution in [-0.2, 0) is 4.79 Å². The third-order valence-electron chi connectivity index (χ3n) is 5.45. The van der Waals surface area contributed by atoms with Gasteiger partial charge in [-0.15, -0.1) is 0 Å². The maximum atomic E-state index is 13.8. The Morgan fingerprint density at radius 3 is 2.62 bits per heavy atom. The molecule has 0 spiro atoms. The molecule has 29 heavy (non-hydrogen) atoms. The highest BCUT2D eigenvalue weighted by Gasteiger charge is 2.34. The summed E-state index contributed by atoms with van der Waals surface area (Å²) in [5.41, 5.74) is 1.80. The molecule has 1 aliphatic heterocycles. The molecule has 3 aromatic rings. The predicted octanol–water partition coefficient (Wildman–Crippen LogP) is 4.22. The van der Waals surface area contributed by atoms with Crippen LogP contribution in [0.15, 0.2) is 48.8 Å². The number of benzene rings is 2. The summed E-state index contributed by atoms with van der Waals surface area (Å²) < 4.78 is 29.0. The number of aromatic nitrogens is 2. The Hall–Kier alpha value is -2.96. The average molecular weight is 398 g/mol. The number of para-hydroxylation sites is 1. The maximum absolute atomic E-state index is 13.8. The molecule has 0 radical (unpaired) electrons. The van der Waals surface area contributed by atoms with Crippen LogP contribution in [0.5, 0.6) is 0 Å². The number of anilines is 1. The molecular formula is C22H24F2N4O. The number of nitrogens with zero attached hydrogens (tertiary/aromatic N) is 3. The van der Waals surface area contributed by atoms with E-state index in [-0.39, 0.29) is 17.9 Å². The van der Waals surface area contributed by atoms with E-state index in [4.69, 9.17) is 0 Å². The van der Waals surface area contributed by atoms with Gasteiger partial charge in [0.1, 0.15) is 6.04 Å². The van der Waals surface area contributed by atoms with Gasteiger partial charge in [0.05, 0.1) is 17.4 Å². The topological polar surface area (TPSA) is 50.2 Å². The van der Waals surface area contributed by atoms with Gasteiger partial charge in [0.15, 0.2) is 11.6 Å². The highest BCUT2D eigenvalue weighted by Crippen LogP contribution is 2.28. The van der Waals surface area contributed by atoms with Crippen LogP contribution in [0.25, 0.3) is 11.0 Å². The van der Waals surface area contributed by atoms with Crippen molar-refractivity contribution in [2.45, 2.75) is 32.4 Å². The largest absolute Gasteiger partial charge is 0.380 e. The van der Waals surface area contributed by atoms with Gasteiger partial charge < -0.3 is 14.8 Å². The van der Waals surface area contributed by atoms with E-state index in [1.165, 1.54) is 6.33 Å². The number of hydrogen-bond donors (Lipinski definition) is 1. The lowest BCUT2D eigenvalue weighted by molar-refractivity contribution is -0.134. The van der Waals surface area contributed by atoms with Crippen LogP contribution < -0.4 is 5.32 Å². The number of hydrogen-bond acceptors (Lipinski definition) is 3. The molecule has 1 amide bonds. The quantitative estimate of drug-likeness (QED) is 0.700. The van der Waals surface area contributed by atoms with Gasteiger partial charge in [0.25, 0.3) is 0 Å². The number of amides is 1. The van der Waals surface area contributed by atoms with Crippen LogP contribution in [0.3, 0.4) is 0 Å². The molecule has 2 atom stereocenters. The molecule has 2 aromatic carbocycles. The number of rotatable bonds is 5. The van der Waals surface area contributed by atoms with E-state index >= 15 is 0 Å². The zero-order valence-corrected chi connectivity index (χ0v) is 16.5. The second kappa shape index (κ2) is 7.81. The van der Waals surface area contributed by atoms with E-state index in [0.717, 1.165) is 24.2 Å². The molecule has 2 unspecified atom stereocenters. The molecule has 152 valence electrons. The summed E-state index contributed by atoms with van der Waals surface area (Å²) in [6.45, 7) is 5.16. The maximum Gasteiger partial charge on any atom is 0.246 e. The Kier molecular flexibility index (Phi) is 5.22. The van der Waals surface area contributed by atoms with Crippen molar-refractivity contribution in [3.05, 3.63) is 60.4 Å². The predicted molar refractivity (Wildman–Crippen MR) is 109 cm³/mol. The SMILES string of the molecule is CC(C)C(C(=O)N1CCC(Nc2ccccc2)C1)n1cnc2cc(F)c(F)cc21. The van der Waals surface area contributed by atoms with Gasteiger partial charge in [-0.2, -0.15) is 0 Å². The van der Waals surface area contributed by atoms with Crippen LogP contribution in [0.4, 0.5) is 14.5 Å². The lowest BCUT2D eigenvalue weighted by Gasteiger charge is -2.28. The van der Waals surface area contributed by atoms with E-state index < -0.39 is 17.7 Å². The molecule has 0 aliphatic carbocycles. The van der Waals surface area contributed by atoms with Crippen LogP contribution in [0.1, 0.15) is 26.3 Å². The molecule has 5 nitrogen and oxygen atoms in total. The van der Waals surface area contributed by atoms with Gasteiger partial charge in [0.2, 0.25) is 5.91 Å². The highest BCUT2D eigenvalue weighted by atomic mass is 19.2. The molecule has 1 aliphatic rings. The molecule has 0 bridgehead atoms. The van der Waals surface area contributed by atoms with E-state index in [9.17, 15) is 13.6 Å². The molecule has 7 heteroatoms. The van der Waals surface area contributed by atoms with Crippen molar-refractivity contribution < 1.29 is 13.6 Å². The van der Waals surface area contributed by atoms with Gasteiger partial charge in [0, 0.05) is 37.0 Å². The first-order chi connectivity index (χ1) is 13.9. The Labute approximate surface area is 168 Å². The summed E-state index contributed by atoms with van der Waals surface area (Å²) in [6.07, 6.45) is 2.36. The van der Waals surface area contributed by atoms with Crippen molar-refractivity contribution in [2.75, 3.05) is 18.4 Å². The molecular weight excluding hydrogens is 374 g/mol. The first-order valence-electron chi connectivity index (χ1n) is 9.86. The molecule has 2 heterocycles. The summed E-state index contributed by atoms with van der Waals surface area (Å²) >= 11 is 0. The fourth-order valence-corrected chi connectivity index (χ4v) is 4.01. The van der Waals surface area contributed by atoms with E-state index in [2.05, 4.69) is 10.3 Å². The number of carbonyl (C=O) groups excluding carboxylic acids is 1. The van der Waals surface area contributed by atoms with E-state index in [0.29, 0.717) is 24.1 Å². The lowest BCUT2D eigenvalue weighted by atomic mass is 10.0. The number of halogens is 2. The fourth-order valence-electron chi connectivity index (χ4n) is 4.01. The summed E-state index contributed by atoms with van der Waals surface area (Å²) in [4.78, 5) is 19.4. The molecule has 1 fully saturated rings. The third kappa shape index (κ3) is 3.81. The van der Waals surface area contributed by atoms with Crippen molar-refractivity contribution in [3.8, 4) is 0 Å². The average Bonchev–Trinajstić information content (AvgIpc) is 3.31. The normalized spacial score (nSPS) is 17.8. The summed E-state index contributed by atoms with van der Waals surface area (Å²) in [5, 5.41) is 3.47. The Morgan fingerprint density at radius 1 is 1.17 bits per heavy atom. The fraction of sp³-hybridized carbons (Fsp3) is 0.364. The van der Waals surface area contributed by atoms with E-state index in [1.54, 1.807) is 4.57 Å². The van der Waals surface area contributed by atoms with Crippen molar-refractivity contribution in [1.29, 1.82) is 0 Å². The number of likely N-dealkylation sites (tertiary alicyclic amines) is 1. The summed E-state index contributed by atoms with van der Waals surface area (Å²) in [6, 6.07) is 11.8. The van der Waals surface area contributed by atoms with Crippen molar-refractivity contribution in [2.24, 2.45) is 5.92 Å². The van der Waals surface area contributed by atoms with Crippen LogP contribution >= 0.6 is 0 Å². The smallest absolute Gasteiger partial charge is 0.246 e. The Balaban J connectivity index is 1.55. The van der Waals surface area contributed by atoms with Crippen molar-refractivity contribution >= 4 is 22.6 Å². The second-order valence-electron chi connectivity index (χ2n) is 7.88.